The highest BCUT2D eigenvalue weighted by Crippen LogP contribution is 2.26. The lowest BCUT2D eigenvalue weighted by Crippen LogP contribution is -2.11. The second-order valence-corrected chi connectivity index (χ2v) is 6.75. The number of carbonyl (C=O) groups excluding carboxylic acids is 1. The number of aryl methyl sites for hydroxylation is 1. The fourth-order valence-electron chi connectivity index (χ4n) is 2.43. The summed E-state index contributed by atoms with van der Waals surface area (Å²) in [6.07, 6.45) is 2.77. The van der Waals surface area contributed by atoms with Crippen LogP contribution < -0.4 is 5.73 Å². The van der Waals surface area contributed by atoms with Crippen molar-refractivity contribution in [1.82, 2.24) is 9.78 Å². The van der Waals surface area contributed by atoms with Gasteiger partial charge < -0.3 is 5.73 Å². The van der Waals surface area contributed by atoms with Gasteiger partial charge in [-0.25, -0.2) is 4.68 Å². The molecule has 0 aliphatic carbocycles. The molecule has 24 heavy (non-hydrogen) atoms. The summed E-state index contributed by atoms with van der Waals surface area (Å²) in [5.74, 6) is -0.326. The average molecular weight is 405 g/mol. The van der Waals surface area contributed by atoms with Crippen molar-refractivity contribution in [2.45, 2.75) is 12.8 Å². The van der Waals surface area contributed by atoms with Crippen molar-refractivity contribution in [2.24, 2.45) is 5.73 Å². The largest absolute Gasteiger partial charge is 0.370 e. The summed E-state index contributed by atoms with van der Waals surface area (Å²) < 4.78 is 2.82. The fourth-order valence-corrected chi connectivity index (χ4v) is 2.82. The molecule has 0 unspecified atom stereocenters. The molecule has 0 atom stereocenters. The van der Waals surface area contributed by atoms with Crippen molar-refractivity contribution in [3.8, 4) is 16.9 Å². The van der Waals surface area contributed by atoms with Crippen molar-refractivity contribution >= 4 is 33.4 Å². The third-order valence-electron chi connectivity index (χ3n) is 3.64. The molecule has 3 aromatic rings. The maximum atomic E-state index is 11.2. The van der Waals surface area contributed by atoms with E-state index in [1.165, 1.54) is 0 Å². The Hall–Kier alpha value is -2.11. The van der Waals surface area contributed by atoms with Crippen LogP contribution in [0, 0.1) is 0 Å². The lowest BCUT2D eigenvalue weighted by Gasteiger charge is -2.02. The summed E-state index contributed by atoms with van der Waals surface area (Å²) in [7, 11) is 0. The predicted molar refractivity (Wildman–Crippen MR) is 99.2 cm³/mol. The number of benzene rings is 2. The maximum absolute atomic E-state index is 11.2. The number of amides is 1. The first-order chi connectivity index (χ1) is 11.5. The van der Waals surface area contributed by atoms with E-state index in [0.29, 0.717) is 11.4 Å². The fraction of sp³-hybridized carbons (Fsp3) is 0.111. The first-order valence-electron chi connectivity index (χ1n) is 7.41. The van der Waals surface area contributed by atoms with Gasteiger partial charge in [0, 0.05) is 27.7 Å². The van der Waals surface area contributed by atoms with Gasteiger partial charge in [0.15, 0.2) is 0 Å². The van der Waals surface area contributed by atoms with Crippen LogP contribution in [0.3, 0.4) is 0 Å². The summed E-state index contributed by atoms with van der Waals surface area (Å²) in [5.41, 5.74) is 8.99. The Kier molecular flexibility index (Phi) is 5.02. The lowest BCUT2D eigenvalue weighted by molar-refractivity contribution is -0.117. The molecule has 0 fully saturated rings. The molecule has 2 aromatic carbocycles. The Balaban J connectivity index is 2.02. The van der Waals surface area contributed by atoms with E-state index in [4.69, 9.17) is 22.4 Å². The summed E-state index contributed by atoms with van der Waals surface area (Å²) in [5, 5.41) is 5.37. The molecular weight excluding hydrogens is 390 g/mol. The van der Waals surface area contributed by atoms with E-state index >= 15 is 0 Å². The first-order valence-corrected chi connectivity index (χ1v) is 8.59. The molecule has 3 rings (SSSR count). The molecule has 0 saturated heterocycles. The monoisotopic (exact) mass is 403 g/mol. The van der Waals surface area contributed by atoms with Gasteiger partial charge in [0.2, 0.25) is 5.91 Å². The van der Waals surface area contributed by atoms with Gasteiger partial charge in [0.25, 0.3) is 0 Å². The van der Waals surface area contributed by atoms with Crippen LogP contribution in [0.1, 0.15) is 12.0 Å². The number of hydrogen-bond donors (Lipinski definition) is 1. The van der Waals surface area contributed by atoms with Gasteiger partial charge in [-0.05, 0) is 48.4 Å². The predicted octanol–water partition coefficient (Wildman–Crippen LogP) is 4.37. The van der Waals surface area contributed by atoms with E-state index in [0.717, 1.165) is 27.0 Å². The van der Waals surface area contributed by atoms with E-state index in [-0.39, 0.29) is 12.3 Å². The van der Waals surface area contributed by atoms with E-state index in [1.807, 2.05) is 59.4 Å². The highest BCUT2D eigenvalue weighted by atomic mass is 79.9. The van der Waals surface area contributed by atoms with Crippen molar-refractivity contribution in [3.63, 3.8) is 0 Å². The van der Waals surface area contributed by atoms with Crippen LogP contribution in [0.5, 0.6) is 0 Å². The minimum atomic E-state index is -0.326. The summed E-state index contributed by atoms with van der Waals surface area (Å²) >= 11 is 9.39. The number of rotatable bonds is 5. The van der Waals surface area contributed by atoms with Gasteiger partial charge >= 0.3 is 0 Å². The van der Waals surface area contributed by atoms with Gasteiger partial charge in [-0.1, -0.05) is 39.7 Å². The van der Waals surface area contributed by atoms with Gasteiger partial charge in [0.1, 0.15) is 0 Å². The second kappa shape index (κ2) is 7.20. The van der Waals surface area contributed by atoms with E-state index < -0.39 is 0 Å². The number of carbonyl (C=O) groups is 1. The zero-order valence-corrected chi connectivity index (χ0v) is 15.1. The standard InChI is InChI=1S/C18H15BrClN3O/c19-14-4-8-16(9-5-14)23-11-13(3-10-17(21)24)18(22-23)12-1-6-15(20)7-2-12/h1-2,4-9,11H,3,10H2,(H2,21,24). The zero-order chi connectivity index (χ0) is 17.1. The molecule has 1 heterocycles. The van der Waals surface area contributed by atoms with E-state index in [9.17, 15) is 4.79 Å². The molecule has 0 radical (unpaired) electrons. The molecule has 1 amide bonds. The Morgan fingerprint density at radius 2 is 1.79 bits per heavy atom. The number of nitrogens with zero attached hydrogens (tertiary/aromatic N) is 2. The number of aromatic nitrogens is 2. The normalized spacial score (nSPS) is 10.8. The number of hydrogen-bond acceptors (Lipinski definition) is 2. The van der Waals surface area contributed by atoms with Crippen LogP contribution >= 0.6 is 27.5 Å². The third kappa shape index (κ3) is 3.86. The number of nitrogens with two attached hydrogens (primary N) is 1. The number of primary amides is 1. The van der Waals surface area contributed by atoms with Gasteiger partial charge in [-0.3, -0.25) is 4.79 Å². The summed E-state index contributed by atoms with van der Waals surface area (Å²) in [6, 6.07) is 15.4. The zero-order valence-electron chi connectivity index (χ0n) is 12.7. The van der Waals surface area contributed by atoms with Crippen molar-refractivity contribution in [3.05, 3.63) is 69.8 Å². The van der Waals surface area contributed by atoms with Crippen LogP contribution in [0.2, 0.25) is 5.02 Å². The quantitative estimate of drug-likeness (QED) is 0.686. The minimum Gasteiger partial charge on any atom is -0.370 e. The Morgan fingerprint density at radius 1 is 1.12 bits per heavy atom. The minimum absolute atomic E-state index is 0.284. The highest BCUT2D eigenvalue weighted by molar-refractivity contribution is 9.10. The van der Waals surface area contributed by atoms with Crippen molar-refractivity contribution < 1.29 is 4.79 Å². The van der Waals surface area contributed by atoms with Crippen molar-refractivity contribution in [1.29, 1.82) is 0 Å². The Bertz CT molecular complexity index is 857. The van der Waals surface area contributed by atoms with Gasteiger partial charge in [-0.2, -0.15) is 5.10 Å². The van der Waals surface area contributed by atoms with Crippen LogP contribution in [-0.2, 0) is 11.2 Å². The smallest absolute Gasteiger partial charge is 0.217 e. The molecule has 122 valence electrons. The van der Waals surface area contributed by atoms with Crippen LogP contribution in [-0.4, -0.2) is 15.7 Å². The molecule has 2 N–H and O–H groups in total. The molecule has 0 bridgehead atoms. The van der Waals surface area contributed by atoms with Crippen LogP contribution in [0.15, 0.2) is 59.2 Å². The third-order valence-corrected chi connectivity index (χ3v) is 4.42. The maximum Gasteiger partial charge on any atom is 0.217 e. The molecule has 0 aliphatic heterocycles. The molecule has 0 spiro atoms. The van der Waals surface area contributed by atoms with Crippen LogP contribution in [0.25, 0.3) is 16.9 Å². The summed E-state index contributed by atoms with van der Waals surface area (Å²) in [4.78, 5) is 11.2. The van der Waals surface area contributed by atoms with E-state index in [1.54, 1.807) is 0 Å². The summed E-state index contributed by atoms with van der Waals surface area (Å²) in [6.45, 7) is 0. The Morgan fingerprint density at radius 3 is 2.42 bits per heavy atom. The average Bonchev–Trinajstić information content (AvgIpc) is 2.98. The van der Waals surface area contributed by atoms with Gasteiger partial charge in [0.05, 0.1) is 11.4 Å². The Labute approximate surface area is 153 Å². The molecule has 0 saturated carbocycles. The van der Waals surface area contributed by atoms with Gasteiger partial charge in [-0.15, -0.1) is 0 Å². The highest BCUT2D eigenvalue weighted by Gasteiger charge is 2.13. The molecule has 4 nitrogen and oxygen atoms in total. The second-order valence-electron chi connectivity index (χ2n) is 5.40. The van der Waals surface area contributed by atoms with Crippen molar-refractivity contribution in [2.75, 3.05) is 0 Å². The number of halogens is 2. The molecule has 1 aromatic heterocycles. The van der Waals surface area contributed by atoms with E-state index in [2.05, 4.69) is 15.9 Å². The molecular formula is C18H15BrClN3O. The molecule has 6 heteroatoms. The topological polar surface area (TPSA) is 60.9 Å². The molecule has 0 aliphatic rings. The first kappa shape index (κ1) is 16.7. The van der Waals surface area contributed by atoms with Crippen LogP contribution in [0.4, 0.5) is 0 Å². The lowest BCUT2D eigenvalue weighted by atomic mass is 10.0. The SMILES string of the molecule is NC(=O)CCc1cn(-c2ccc(Br)cc2)nc1-c1ccc(Cl)cc1.